The van der Waals surface area contributed by atoms with Gasteiger partial charge in [0.05, 0.1) is 0 Å². The Morgan fingerprint density at radius 3 is 2.87 bits per heavy atom. The lowest BCUT2D eigenvalue weighted by Crippen LogP contribution is -2.19. The van der Waals surface area contributed by atoms with Gasteiger partial charge >= 0.3 is 5.97 Å². The quantitative estimate of drug-likeness (QED) is 0.775. The third-order valence-corrected chi connectivity index (χ3v) is 1.73. The third-order valence-electron chi connectivity index (χ3n) is 1.73. The Morgan fingerprint density at radius 2 is 2.27 bits per heavy atom. The van der Waals surface area contributed by atoms with Crippen LogP contribution in [0.5, 0.6) is 5.88 Å². The van der Waals surface area contributed by atoms with Gasteiger partial charge in [0.15, 0.2) is 5.69 Å². The number of ether oxygens (including phenoxy) is 1. The zero-order valence-corrected chi connectivity index (χ0v) is 8.80. The number of hydrogen-bond acceptors (Lipinski definition) is 4. The highest BCUT2D eigenvalue weighted by molar-refractivity contribution is 5.85. The van der Waals surface area contributed by atoms with E-state index < -0.39 is 5.97 Å². The smallest absolute Gasteiger partial charge is 0.354 e. The summed E-state index contributed by atoms with van der Waals surface area (Å²) in [6, 6.07) is 4.69. The molecule has 0 aromatic carbocycles. The van der Waals surface area contributed by atoms with Gasteiger partial charge in [0.1, 0.15) is 6.61 Å². The Kier molecular flexibility index (Phi) is 4.05. The summed E-state index contributed by atoms with van der Waals surface area (Å²) < 4.78 is 5.29. The van der Waals surface area contributed by atoms with Crippen LogP contribution in [-0.4, -0.2) is 48.2 Å². The van der Waals surface area contributed by atoms with Crippen molar-refractivity contribution < 1.29 is 14.6 Å². The fraction of sp³-hybridized carbons (Fsp3) is 0.400. The molecule has 1 N–H and O–H groups in total. The fourth-order valence-corrected chi connectivity index (χ4v) is 0.947. The number of rotatable bonds is 5. The molecular weight excluding hydrogens is 196 g/mol. The second-order valence-electron chi connectivity index (χ2n) is 3.32. The molecular formula is C10H14N2O3. The van der Waals surface area contributed by atoms with Crippen LogP contribution < -0.4 is 4.74 Å². The number of hydrogen-bond donors (Lipinski definition) is 1. The van der Waals surface area contributed by atoms with Crippen molar-refractivity contribution in [2.24, 2.45) is 0 Å². The average molecular weight is 210 g/mol. The molecule has 0 fully saturated rings. The molecule has 0 saturated carbocycles. The van der Waals surface area contributed by atoms with E-state index >= 15 is 0 Å². The van der Waals surface area contributed by atoms with E-state index in [0.29, 0.717) is 12.5 Å². The molecule has 0 radical (unpaired) electrons. The molecule has 0 spiro atoms. The van der Waals surface area contributed by atoms with Crippen molar-refractivity contribution in [3.05, 3.63) is 23.9 Å². The summed E-state index contributed by atoms with van der Waals surface area (Å²) in [5, 5.41) is 8.70. The standard InChI is InChI=1S/C10H14N2O3/c1-12(2)6-7-15-9-5-3-4-8(11-9)10(13)14/h3-5H,6-7H2,1-2H3,(H,13,14). The minimum Gasteiger partial charge on any atom is -0.477 e. The van der Waals surface area contributed by atoms with Crippen LogP contribution in [0, 0.1) is 0 Å². The first-order valence-corrected chi connectivity index (χ1v) is 4.57. The zero-order valence-electron chi connectivity index (χ0n) is 8.80. The molecule has 1 rings (SSSR count). The maximum Gasteiger partial charge on any atom is 0.354 e. The Hall–Kier alpha value is -1.62. The fourth-order valence-electron chi connectivity index (χ4n) is 0.947. The molecule has 1 heterocycles. The molecule has 0 aliphatic carbocycles. The van der Waals surface area contributed by atoms with Gasteiger partial charge in [-0.15, -0.1) is 0 Å². The lowest BCUT2D eigenvalue weighted by Gasteiger charge is -2.10. The Balaban J connectivity index is 2.54. The van der Waals surface area contributed by atoms with E-state index in [-0.39, 0.29) is 5.69 Å². The predicted molar refractivity (Wildman–Crippen MR) is 55.2 cm³/mol. The van der Waals surface area contributed by atoms with Gasteiger partial charge in [0.2, 0.25) is 5.88 Å². The number of aromatic nitrogens is 1. The van der Waals surface area contributed by atoms with Crippen molar-refractivity contribution in [1.29, 1.82) is 0 Å². The minimum absolute atomic E-state index is 0.00245. The molecule has 1 aromatic heterocycles. The highest BCUT2D eigenvalue weighted by atomic mass is 16.5. The first kappa shape index (κ1) is 11.5. The van der Waals surface area contributed by atoms with E-state index in [9.17, 15) is 4.79 Å². The van der Waals surface area contributed by atoms with Crippen molar-refractivity contribution >= 4 is 5.97 Å². The van der Waals surface area contributed by atoms with E-state index in [1.54, 1.807) is 12.1 Å². The molecule has 15 heavy (non-hydrogen) atoms. The lowest BCUT2D eigenvalue weighted by atomic mass is 10.3. The van der Waals surface area contributed by atoms with Gasteiger partial charge in [-0.3, -0.25) is 0 Å². The Bertz CT molecular complexity index is 339. The van der Waals surface area contributed by atoms with Gasteiger partial charge < -0.3 is 14.7 Å². The first-order chi connectivity index (χ1) is 7.09. The Morgan fingerprint density at radius 1 is 1.53 bits per heavy atom. The second-order valence-corrected chi connectivity index (χ2v) is 3.32. The summed E-state index contributed by atoms with van der Waals surface area (Å²) >= 11 is 0. The topological polar surface area (TPSA) is 62.7 Å². The first-order valence-electron chi connectivity index (χ1n) is 4.57. The second kappa shape index (κ2) is 5.31. The summed E-state index contributed by atoms with van der Waals surface area (Å²) in [4.78, 5) is 16.4. The summed E-state index contributed by atoms with van der Waals surface area (Å²) in [7, 11) is 3.87. The zero-order chi connectivity index (χ0) is 11.3. The number of carboxylic acid groups (broad SMARTS) is 1. The molecule has 0 amide bonds. The van der Waals surface area contributed by atoms with Crippen molar-refractivity contribution in [2.75, 3.05) is 27.2 Å². The highest BCUT2D eigenvalue weighted by Crippen LogP contribution is 2.07. The van der Waals surface area contributed by atoms with Crippen molar-refractivity contribution in [2.45, 2.75) is 0 Å². The summed E-state index contributed by atoms with van der Waals surface area (Å²) in [5.74, 6) is -0.704. The normalized spacial score (nSPS) is 10.3. The van der Waals surface area contributed by atoms with E-state index in [2.05, 4.69) is 4.98 Å². The molecule has 1 aromatic rings. The van der Waals surface area contributed by atoms with E-state index in [1.807, 2.05) is 19.0 Å². The van der Waals surface area contributed by atoms with Crippen LogP contribution in [0.3, 0.4) is 0 Å². The number of carbonyl (C=O) groups is 1. The van der Waals surface area contributed by atoms with Crippen molar-refractivity contribution in [3.8, 4) is 5.88 Å². The average Bonchev–Trinajstić information content (AvgIpc) is 2.17. The van der Waals surface area contributed by atoms with Crippen LogP contribution in [0.2, 0.25) is 0 Å². The molecule has 0 atom stereocenters. The molecule has 0 bridgehead atoms. The van der Waals surface area contributed by atoms with Gasteiger partial charge in [-0.2, -0.15) is 0 Å². The molecule has 0 unspecified atom stereocenters. The summed E-state index contributed by atoms with van der Waals surface area (Å²) in [6.07, 6.45) is 0. The molecule has 0 aliphatic rings. The maximum atomic E-state index is 10.6. The SMILES string of the molecule is CN(C)CCOc1cccc(C(=O)O)n1. The highest BCUT2D eigenvalue weighted by Gasteiger charge is 2.05. The van der Waals surface area contributed by atoms with Crippen molar-refractivity contribution in [1.82, 2.24) is 9.88 Å². The third kappa shape index (κ3) is 3.95. The molecule has 5 nitrogen and oxygen atoms in total. The van der Waals surface area contributed by atoms with Gasteiger partial charge in [-0.25, -0.2) is 9.78 Å². The summed E-state index contributed by atoms with van der Waals surface area (Å²) in [6.45, 7) is 1.25. The Labute approximate surface area is 88.3 Å². The largest absolute Gasteiger partial charge is 0.477 e. The van der Waals surface area contributed by atoms with Crippen molar-refractivity contribution in [3.63, 3.8) is 0 Å². The number of nitrogens with zero attached hydrogens (tertiary/aromatic N) is 2. The van der Waals surface area contributed by atoms with Crippen LogP contribution in [0.4, 0.5) is 0 Å². The minimum atomic E-state index is -1.05. The summed E-state index contributed by atoms with van der Waals surface area (Å²) in [5.41, 5.74) is -0.00245. The predicted octanol–water partition coefficient (Wildman–Crippen LogP) is 0.720. The van der Waals surface area contributed by atoms with Crippen LogP contribution >= 0.6 is 0 Å². The van der Waals surface area contributed by atoms with Crippen LogP contribution in [0.25, 0.3) is 0 Å². The number of carboxylic acids is 1. The van der Waals surface area contributed by atoms with Gasteiger partial charge in [0.25, 0.3) is 0 Å². The molecule has 82 valence electrons. The van der Waals surface area contributed by atoms with Gasteiger partial charge in [-0.05, 0) is 20.2 Å². The van der Waals surface area contributed by atoms with Gasteiger partial charge in [0, 0.05) is 12.6 Å². The number of likely N-dealkylation sites (N-methyl/N-ethyl adjacent to an activating group) is 1. The van der Waals surface area contributed by atoms with E-state index in [1.165, 1.54) is 6.07 Å². The van der Waals surface area contributed by atoms with Crippen LogP contribution in [-0.2, 0) is 0 Å². The monoisotopic (exact) mass is 210 g/mol. The lowest BCUT2D eigenvalue weighted by molar-refractivity contribution is 0.0689. The number of pyridine rings is 1. The maximum absolute atomic E-state index is 10.6. The van der Waals surface area contributed by atoms with E-state index in [4.69, 9.17) is 9.84 Å². The van der Waals surface area contributed by atoms with E-state index in [0.717, 1.165) is 6.54 Å². The molecule has 0 saturated heterocycles. The molecule has 5 heteroatoms. The van der Waals surface area contributed by atoms with Crippen LogP contribution in [0.1, 0.15) is 10.5 Å². The molecule has 0 aliphatic heterocycles. The van der Waals surface area contributed by atoms with Gasteiger partial charge in [-0.1, -0.05) is 6.07 Å². The number of aromatic carboxylic acids is 1. The van der Waals surface area contributed by atoms with Crippen LogP contribution in [0.15, 0.2) is 18.2 Å².